The van der Waals surface area contributed by atoms with Crippen molar-refractivity contribution in [3.8, 4) is 0 Å². The fourth-order valence-electron chi connectivity index (χ4n) is 4.32. The first-order chi connectivity index (χ1) is 12.5. The van der Waals surface area contributed by atoms with Gasteiger partial charge in [0.05, 0.1) is 0 Å². The molecule has 4 rings (SSSR count). The van der Waals surface area contributed by atoms with Crippen LogP contribution in [0.1, 0.15) is 74.0 Å². The molecule has 2 amide bonds. The van der Waals surface area contributed by atoms with E-state index in [0.717, 1.165) is 50.7 Å². The SMILES string of the molecule is C[C@@H]1CC(NC(=O)c2cc(C3CC3)on2)CCN1C(=O)[C@@H]1CC[C@@H](N)C1. The van der Waals surface area contributed by atoms with E-state index in [1.165, 1.54) is 0 Å². The Morgan fingerprint density at radius 1 is 1.23 bits per heavy atom. The zero-order chi connectivity index (χ0) is 18.3. The molecule has 0 spiro atoms. The predicted molar refractivity (Wildman–Crippen MR) is 95.5 cm³/mol. The number of carbonyl (C=O) groups excluding carboxylic acids is 2. The van der Waals surface area contributed by atoms with Crippen LogP contribution in [0.25, 0.3) is 0 Å². The van der Waals surface area contributed by atoms with Gasteiger partial charge < -0.3 is 20.5 Å². The summed E-state index contributed by atoms with van der Waals surface area (Å²) in [6.45, 7) is 2.75. The van der Waals surface area contributed by atoms with Gasteiger partial charge >= 0.3 is 0 Å². The number of piperidine rings is 1. The van der Waals surface area contributed by atoms with Crippen molar-refractivity contribution < 1.29 is 14.1 Å². The number of likely N-dealkylation sites (tertiary alicyclic amines) is 1. The molecule has 1 saturated heterocycles. The average molecular weight is 360 g/mol. The van der Waals surface area contributed by atoms with E-state index in [-0.39, 0.29) is 35.9 Å². The summed E-state index contributed by atoms with van der Waals surface area (Å²) in [6.07, 6.45) is 6.42. The Hall–Kier alpha value is -1.89. The van der Waals surface area contributed by atoms with Gasteiger partial charge in [-0.1, -0.05) is 5.16 Å². The summed E-state index contributed by atoms with van der Waals surface area (Å²) in [5.74, 6) is 1.40. The van der Waals surface area contributed by atoms with Gasteiger partial charge in [-0.25, -0.2) is 0 Å². The number of nitrogens with one attached hydrogen (secondary N) is 1. The Labute approximate surface area is 153 Å². The topological polar surface area (TPSA) is 101 Å². The van der Waals surface area contributed by atoms with Crippen LogP contribution in [-0.2, 0) is 4.79 Å². The number of nitrogens with zero attached hydrogens (tertiary/aromatic N) is 2. The Bertz CT molecular complexity index is 684. The summed E-state index contributed by atoms with van der Waals surface area (Å²) in [7, 11) is 0. The molecule has 7 nitrogen and oxygen atoms in total. The molecule has 1 unspecified atom stereocenters. The van der Waals surface area contributed by atoms with Crippen LogP contribution in [0.15, 0.2) is 10.6 Å². The molecule has 0 bridgehead atoms. The Morgan fingerprint density at radius 3 is 2.69 bits per heavy atom. The maximum Gasteiger partial charge on any atom is 0.273 e. The van der Waals surface area contributed by atoms with Crippen LogP contribution in [0.3, 0.4) is 0 Å². The van der Waals surface area contributed by atoms with Crippen LogP contribution in [-0.4, -0.2) is 46.5 Å². The molecule has 1 aliphatic heterocycles. The van der Waals surface area contributed by atoms with E-state index >= 15 is 0 Å². The van der Waals surface area contributed by atoms with E-state index < -0.39 is 0 Å². The van der Waals surface area contributed by atoms with E-state index in [0.29, 0.717) is 18.2 Å². The van der Waals surface area contributed by atoms with Crippen molar-refractivity contribution in [2.24, 2.45) is 11.7 Å². The zero-order valence-corrected chi connectivity index (χ0v) is 15.3. The molecule has 7 heteroatoms. The minimum atomic E-state index is -0.181. The van der Waals surface area contributed by atoms with Gasteiger partial charge in [0.25, 0.3) is 5.91 Å². The van der Waals surface area contributed by atoms with E-state index in [1.54, 1.807) is 6.07 Å². The van der Waals surface area contributed by atoms with Crippen LogP contribution >= 0.6 is 0 Å². The minimum absolute atomic E-state index is 0.0634. The second-order valence-corrected chi connectivity index (χ2v) is 8.23. The summed E-state index contributed by atoms with van der Waals surface area (Å²) in [6, 6.07) is 2.11. The third-order valence-corrected chi connectivity index (χ3v) is 6.06. The minimum Gasteiger partial charge on any atom is -0.360 e. The first-order valence-corrected chi connectivity index (χ1v) is 9.84. The third-order valence-electron chi connectivity index (χ3n) is 6.06. The van der Waals surface area contributed by atoms with Gasteiger partial charge in [0.1, 0.15) is 5.76 Å². The van der Waals surface area contributed by atoms with Crippen molar-refractivity contribution in [3.05, 3.63) is 17.5 Å². The number of amides is 2. The monoisotopic (exact) mass is 360 g/mol. The normalized spacial score (nSPS) is 31.8. The molecule has 142 valence electrons. The molecule has 3 fully saturated rings. The molecule has 0 radical (unpaired) electrons. The van der Waals surface area contributed by atoms with E-state index in [4.69, 9.17) is 10.3 Å². The van der Waals surface area contributed by atoms with Crippen molar-refractivity contribution >= 4 is 11.8 Å². The van der Waals surface area contributed by atoms with E-state index in [9.17, 15) is 9.59 Å². The second kappa shape index (κ2) is 7.02. The van der Waals surface area contributed by atoms with E-state index in [2.05, 4.69) is 17.4 Å². The van der Waals surface area contributed by atoms with Gasteiger partial charge in [-0.05, 0) is 51.9 Å². The smallest absolute Gasteiger partial charge is 0.273 e. The van der Waals surface area contributed by atoms with Crippen LogP contribution in [0.4, 0.5) is 0 Å². The Morgan fingerprint density at radius 2 is 2.04 bits per heavy atom. The second-order valence-electron chi connectivity index (χ2n) is 8.23. The molecular weight excluding hydrogens is 332 g/mol. The Kier molecular flexibility index (Phi) is 4.73. The van der Waals surface area contributed by atoms with Crippen LogP contribution < -0.4 is 11.1 Å². The number of aromatic nitrogens is 1. The molecular formula is C19H28N4O3. The summed E-state index contributed by atoms with van der Waals surface area (Å²) >= 11 is 0. The third kappa shape index (κ3) is 3.63. The average Bonchev–Trinajstić information content (AvgIpc) is 3.17. The standard InChI is InChI=1S/C19H28N4O3/c1-11-8-15(6-7-23(11)19(25)13-4-5-14(20)9-13)21-18(24)16-10-17(26-22-16)12-2-3-12/h10-15H,2-9,20H2,1H3,(H,21,24)/t11-,13-,14-,15?/m1/s1. The quantitative estimate of drug-likeness (QED) is 0.852. The lowest BCUT2D eigenvalue weighted by Gasteiger charge is -2.39. The van der Waals surface area contributed by atoms with Crippen LogP contribution in [0.5, 0.6) is 0 Å². The highest BCUT2D eigenvalue weighted by Crippen LogP contribution is 2.40. The summed E-state index contributed by atoms with van der Waals surface area (Å²) in [5, 5.41) is 6.96. The summed E-state index contributed by atoms with van der Waals surface area (Å²) in [5.41, 5.74) is 6.31. The lowest BCUT2D eigenvalue weighted by Crippen LogP contribution is -2.52. The van der Waals surface area contributed by atoms with Gasteiger partial charge in [-0.2, -0.15) is 0 Å². The van der Waals surface area contributed by atoms with Gasteiger partial charge in [0, 0.05) is 42.6 Å². The summed E-state index contributed by atoms with van der Waals surface area (Å²) < 4.78 is 5.26. The molecule has 1 aromatic rings. The zero-order valence-electron chi connectivity index (χ0n) is 15.3. The highest BCUT2D eigenvalue weighted by atomic mass is 16.5. The van der Waals surface area contributed by atoms with Gasteiger partial charge in [-0.3, -0.25) is 9.59 Å². The molecule has 3 aliphatic rings. The van der Waals surface area contributed by atoms with Crippen LogP contribution in [0.2, 0.25) is 0 Å². The number of nitrogens with two attached hydrogens (primary N) is 1. The molecule has 2 heterocycles. The lowest BCUT2D eigenvalue weighted by molar-refractivity contribution is -0.139. The number of carbonyl (C=O) groups is 2. The molecule has 3 N–H and O–H groups in total. The molecule has 2 aliphatic carbocycles. The Balaban J connectivity index is 1.30. The van der Waals surface area contributed by atoms with Gasteiger partial charge in [0.15, 0.2) is 5.69 Å². The number of hydrogen-bond donors (Lipinski definition) is 2. The van der Waals surface area contributed by atoms with Crippen molar-refractivity contribution in [3.63, 3.8) is 0 Å². The van der Waals surface area contributed by atoms with E-state index in [1.807, 2.05) is 4.90 Å². The molecule has 2 saturated carbocycles. The van der Waals surface area contributed by atoms with Crippen molar-refractivity contribution in [2.75, 3.05) is 6.54 Å². The van der Waals surface area contributed by atoms with Gasteiger partial charge in [-0.15, -0.1) is 0 Å². The maximum absolute atomic E-state index is 12.7. The fraction of sp³-hybridized carbons (Fsp3) is 0.737. The predicted octanol–water partition coefficient (Wildman–Crippen LogP) is 1.79. The highest BCUT2D eigenvalue weighted by molar-refractivity contribution is 5.92. The molecule has 1 aromatic heterocycles. The number of hydrogen-bond acceptors (Lipinski definition) is 5. The lowest BCUT2D eigenvalue weighted by atomic mass is 9.95. The van der Waals surface area contributed by atoms with Gasteiger partial charge in [0.2, 0.25) is 5.91 Å². The molecule has 4 atom stereocenters. The van der Waals surface area contributed by atoms with Crippen molar-refractivity contribution in [1.29, 1.82) is 0 Å². The molecule has 0 aromatic carbocycles. The largest absolute Gasteiger partial charge is 0.360 e. The first kappa shape index (κ1) is 17.5. The first-order valence-electron chi connectivity index (χ1n) is 9.84. The number of rotatable bonds is 4. The highest BCUT2D eigenvalue weighted by Gasteiger charge is 2.36. The van der Waals surface area contributed by atoms with Crippen molar-refractivity contribution in [2.45, 2.75) is 75.9 Å². The maximum atomic E-state index is 12.7. The summed E-state index contributed by atoms with van der Waals surface area (Å²) in [4.78, 5) is 27.1. The van der Waals surface area contributed by atoms with Crippen molar-refractivity contribution in [1.82, 2.24) is 15.4 Å². The van der Waals surface area contributed by atoms with Crippen LogP contribution in [0, 0.1) is 5.92 Å². The fourth-order valence-corrected chi connectivity index (χ4v) is 4.32. The molecule has 26 heavy (non-hydrogen) atoms.